The third-order valence-corrected chi connectivity index (χ3v) is 4.71. The normalized spacial score (nSPS) is 13.2. The second-order valence-corrected chi connectivity index (χ2v) is 6.27. The van der Waals surface area contributed by atoms with Gasteiger partial charge in [-0.3, -0.25) is 0 Å². The molecule has 4 nitrogen and oxygen atoms in total. The lowest BCUT2D eigenvalue weighted by atomic mass is 10.2. The van der Waals surface area contributed by atoms with Crippen molar-refractivity contribution in [1.82, 2.24) is 9.97 Å². The maximum absolute atomic E-state index is 13.7. The Morgan fingerprint density at radius 3 is 2.67 bits per heavy atom. The van der Waals surface area contributed by atoms with Gasteiger partial charge in [0.1, 0.15) is 17.2 Å². The minimum atomic E-state index is -4.60. The van der Waals surface area contributed by atoms with Crippen LogP contribution < -0.4 is 11.1 Å². The summed E-state index contributed by atoms with van der Waals surface area (Å²) in [7, 11) is 0. The number of nitrogen functional groups attached to an aromatic ring is 1. The Hall–Kier alpha value is -2.42. The Morgan fingerprint density at radius 1 is 1.29 bits per heavy atom. The van der Waals surface area contributed by atoms with Crippen LogP contribution in [0.4, 0.5) is 29.3 Å². The van der Waals surface area contributed by atoms with Crippen LogP contribution in [-0.4, -0.2) is 9.97 Å². The third-order valence-electron chi connectivity index (χ3n) is 3.42. The van der Waals surface area contributed by atoms with Crippen LogP contribution in [0.25, 0.3) is 10.1 Å². The van der Waals surface area contributed by atoms with Crippen LogP contribution in [0.1, 0.15) is 23.4 Å². The molecule has 126 valence electrons. The molecule has 0 saturated heterocycles. The van der Waals surface area contributed by atoms with Crippen LogP contribution in [0.15, 0.2) is 30.5 Å². The molecule has 0 aliphatic heterocycles. The molecule has 0 bridgehead atoms. The summed E-state index contributed by atoms with van der Waals surface area (Å²) in [5.74, 6) is -0.988. The molecule has 24 heavy (non-hydrogen) atoms. The standard InChI is InChI=1S/C15H12F4N4S/c1-7(12-5-8-10(16)3-2-4-11(8)24-12)22-14-21-6-9(13(20)23-14)15(17,18)19/h2-7H,1H3,(H3,20,21,22,23). The topological polar surface area (TPSA) is 63.8 Å². The first-order chi connectivity index (χ1) is 11.3. The van der Waals surface area contributed by atoms with Crippen molar-refractivity contribution >= 4 is 33.2 Å². The summed E-state index contributed by atoms with van der Waals surface area (Å²) in [5.41, 5.74) is 4.27. The highest BCUT2D eigenvalue weighted by Crippen LogP contribution is 2.34. The van der Waals surface area contributed by atoms with E-state index in [0.717, 1.165) is 9.58 Å². The fourth-order valence-corrected chi connectivity index (χ4v) is 3.29. The Labute approximate surface area is 138 Å². The average Bonchev–Trinajstić information content (AvgIpc) is 2.91. The maximum atomic E-state index is 13.7. The van der Waals surface area contributed by atoms with Gasteiger partial charge in [-0.25, -0.2) is 9.37 Å². The molecule has 0 radical (unpaired) electrons. The van der Waals surface area contributed by atoms with Gasteiger partial charge in [0.15, 0.2) is 0 Å². The number of alkyl halides is 3. The van der Waals surface area contributed by atoms with Crippen LogP contribution in [0.3, 0.4) is 0 Å². The summed E-state index contributed by atoms with van der Waals surface area (Å²) < 4.78 is 52.5. The molecule has 2 heterocycles. The molecule has 0 aliphatic rings. The van der Waals surface area contributed by atoms with E-state index >= 15 is 0 Å². The van der Waals surface area contributed by atoms with Gasteiger partial charge in [-0.15, -0.1) is 11.3 Å². The number of rotatable bonds is 3. The molecule has 1 aromatic carbocycles. The average molecular weight is 356 g/mol. The van der Waals surface area contributed by atoms with E-state index in [9.17, 15) is 17.6 Å². The first kappa shape index (κ1) is 16.4. The lowest BCUT2D eigenvalue weighted by Crippen LogP contribution is -2.14. The first-order valence-electron chi connectivity index (χ1n) is 6.90. The molecule has 0 aliphatic carbocycles. The Bertz CT molecular complexity index is 891. The first-order valence-corrected chi connectivity index (χ1v) is 7.71. The zero-order chi connectivity index (χ0) is 17.5. The predicted octanol–water partition coefficient (Wildman–Crippen LogP) is 4.60. The van der Waals surface area contributed by atoms with Gasteiger partial charge < -0.3 is 11.1 Å². The third kappa shape index (κ3) is 3.12. The van der Waals surface area contributed by atoms with Crippen molar-refractivity contribution in [2.24, 2.45) is 0 Å². The fourth-order valence-electron chi connectivity index (χ4n) is 2.21. The molecule has 0 saturated carbocycles. The van der Waals surface area contributed by atoms with Crippen LogP contribution in [-0.2, 0) is 6.18 Å². The highest BCUT2D eigenvalue weighted by molar-refractivity contribution is 7.19. The number of halogens is 4. The minimum absolute atomic E-state index is 0.0223. The number of anilines is 2. The number of benzene rings is 1. The van der Waals surface area contributed by atoms with E-state index in [2.05, 4.69) is 15.3 Å². The Balaban J connectivity index is 1.85. The van der Waals surface area contributed by atoms with Crippen LogP contribution in [0, 0.1) is 5.82 Å². The Kier molecular flexibility index (Phi) is 4.04. The molecule has 9 heteroatoms. The van der Waals surface area contributed by atoms with E-state index in [-0.39, 0.29) is 17.8 Å². The fraction of sp³-hybridized carbons (Fsp3) is 0.200. The van der Waals surface area contributed by atoms with Crippen LogP contribution >= 0.6 is 11.3 Å². The molecule has 1 unspecified atom stereocenters. The van der Waals surface area contributed by atoms with Crippen molar-refractivity contribution in [2.75, 3.05) is 11.1 Å². The molecule has 1 atom stereocenters. The van der Waals surface area contributed by atoms with Crippen LogP contribution in [0.2, 0.25) is 0 Å². The van der Waals surface area contributed by atoms with Gasteiger partial charge in [0.25, 0.3) is 0 Å². The number of hydrogen-bond donors (Lipinski definition) is 2. The molecule has 0 spiro atoms. The lowest BCUT2D eigenvalue weighted by molar-refractivity contribution is -0.137. The Morgan fingerprint density at radius 2 is 2.04 bits per heavy atom. The van der Waals surface area contributed by atoms with E-state index in [1.54, 1.807) is 25.1 Å². The summed E-state index contributed by atoms with van der Waals surface area (Å²) >= 11 is 1.38. The number of fused-ring (bicyclic) bond motifs is 1. The molecular formula is C15H12F4N4S. The zero-order valence-corrected chi connectivity index (χ0v) is 13.2. The number of thiophene rings is 1. The zero-order valence-electron chi connectivity index (χ0n) is 12.4. The predicted molar refractivity (Wildman–Crippen MR) is 85.3 cm³/mol. The largest absolute Gasteiger partial charge is 0.421 e. The number of hydrogen-bond acceptors (Lipinski definition) is 5. The van der Waals surface area contributed by atoms with Crippen molar-refractivity contribution < 1.29 is 17.6 Å². The summed E-state index contributed by atoms with van der Waals surface area (Å²) in [5, 5.41) is 3.38. The van der Waals surface area contributed by atoms with Gasteiger partial charge in [0, 0.05) is 21.2 Å². The second-order valence-electron chi connectivity index (χ2n) is 5.16. The minimum Gasteiger partial charge on any atom is -0.383 e. The van der Waals surface area contributed by atoms with Gasteiger partial charge in [0.05, 0.1) is 6.04 Å². The SMILES string of the molecule is CC(Nc1ncc(C(F)(F)F)c(N)n1)c1cc2c(F)cccc2s1. The van der Waals surface area contributed by atoms with E-state index in [1.807, 2.05) is 0 Å². The highest BCUT2D eigenvalue weighted by Gasteiger charge is 2.34. The number of nitrogens with two attached hydrogens (primary N) is 1. The quantitative estimate of drug-likeness (QED) is 0.673. The smallest absolute Gasteiger partial charge is 0.383 e. The van der Waals surface area contributed by atoms with E-state index in [4.69, 9.17) is 5.73 Å². The van der Waals surface area contributed by atoms with E-state index in [1.165, 1.54) is 17.4 Å². The van der Waals surface area contributed by atoms with Crippen molar-refractivity contribution in [3.63, 3.8) is 0 Å². The molecule has 2 aromatic heterocycles. The molecule has 0 amide bonds. The van der Waals surface area contributed by atoms with Crippen molar-refractivity contribution in [3.8, 4) is 0 Å². The summed E-state index contributed by atoms with van der Waals surface area (Å²) in [6.45, 7) is 1.78. The lowest BCUT2D eigenvalue weighted by Gasteiger charge is -2.14. The monoisotopic (exact) mass is 356 g/mol. The van der Waals surface area contributed by atoms with E-state index < -0.39 is 17.6 Å². The van der Waals surface area contributed by atoms with E-state index in [0.29, 0.717) is 11.6 Å². The summed E-state index contributed by atoms with van der Waals surface area (Å²) in [6, 6.07) is 6.16. The van der Waals surface area contributed by atoms with Crippen molar-refractivity contribution in [2.45, 2.75) is 19.1 Å². The second kappa shape index (κ2) is 5.90. The van der Waals surface area contributed by atoms with Gasteiger partial charge in [-0.05, 0) is 25.1 Å². The number of nitrogens with one attached hydrogen (secondary N) is 1. The molecule has 3 N–H and O–H groups in total. The molecular weight excluding hydrogens is 344 g/mol. The number of aromatic nitrogens is 2. The van der Waals surface area contributed by atoms with Gasteiger partial charge >= 0.3 is 6.18 Å². The van der Waals surface area contributed by atoms with Gasteiger partial charge in [-0.2, -0.15) is 18.2 Å². The highest BCUT2D eigenvalue weighted by atomic mass is 32.1. The summed E-state index contributed by atoms with van der Waals surface area (Å²) in [6.07, 6.45) is -3.96. The van der Waals surface area contributed by atoms with Crippen molar-refractivity contribution in [1.29, 1.82) is 0 Å². The molecule has 0 fully saturated rings. The maximum Gasteiger partial charge on any atom is 0.421 e. The molecule has 3 rings (SSSR count). The molecule has 3 aromatic rings. The van der Waals surface area contributed by atoms with Gasteiger partial charge in [-0.1, -0.05) is 6.07 Å². The van der Waals surface area contributed by atoms with Crippen LogP contribution in [0.5, 0.6) is 0 Å². The number of nitrogens with zero attached hydrogens (tertiary/aromatic N) is 2. The van der Waals surface area contributed by atoms with Gasteiger partial charge in [0.2, 0.25) is 5.95 Å². The summed E-state index contributed by atoms with van der Waals surface area (Å²) in [4.78, 5) is 8.10. The van der Waals surface area contributed by atoms with Crippen molar-refractivity contribution in [3.05, 3.63) is 46.7 Å².